The van der Waals surface area contributed by atoms with Crippen LogP contribution < -0.4 is 10.6 Å². The van der Waals surface area contributed by atoms with Gasteiger partial charge in [0.15, 0.2) is 5.96 Å². The lowest BCUT2D eigenvalue weighted by Gasteiger charge is -2.25. The van der Waals surface area contributed by atoms with Crippen LogP contribution in [0.3, 0.4) is 0 Å². The molecule has 148 valence electrons. The maximum absolute atomic E-state index is 6.13. The van der Waals surface area contributed by atoms with Gasteiger partial charge >= 0.3 is 0 Å². The molecule has 0 amide bonds. The van der Waals surface area contributed by atoms with Gasteiger partial charge in [0.2, 0.25) is 0 Å². The predicted octanol–water partition coefficient (Wildman–Crippen LogP) is 3.68. The van der Waals surface area contributed by atoms with E-state index in [2.05, 4.69) is 46.8 Å². The normalized spacial score (nSPS) is 16.5. The van der Waals surface area contributed by atoms with Gasteiger partial charge in [0.25, 0.3) is 0 Å². The summed E-state index contributed by atoms with van der Waals surface area (Å²) in [4.78, 5) is 4.60. The number of benzene rings is 1. The zero-order valence-corrected chi connectivity index (χ0v) is 18.5. The number of hydrogen-bond acceptors (Lipinski definition) is 3. The number of nitrogens with one attached hydrogen (secondary N) is 2. The standard InChI is InChI=1S/C20H33N3O2.HI/c1-3-21-20(23-14-16-24-4-2)22-13-8-15-25-19-12-7-10-17-9-5-6-11-18(17)19;/h5-6,9,11,19H,3-4,7-8,10,12-16H2,1-2H3,(H2,21,22,23);1H. The van der Waals surface area contributed by atoms with Crippen molar-refractivity contribution in [1.82, 2.24) is 10.6 Å². The van der Waals surface area contributed by atoms with E-state index in [1.165, 1.54) is 24.0 Å². The number of aryl methyl sites for hydroxylation is 1. The molecule has 1 aliphatic rings. The zero-order chi connectivity index (χ0) is 17.7. The summed E-state index contributed by atoms with van der Waals surface area (Å²) in [7, 11) is 0. The van der Waals surface area contributed by atoms with E-state index in [9.17, 15) is 0 Å². The Bertz CT molecular complexity index is 526. The quantitative estimate of drug-likeness (QED) is 0.235. The summed E-state index contributed by atoms with van der Waals surface area (Å²) < 4.78 is 11.5. The van der Waals surface area contributed by atoms with Crippen LogP contribution >= 0.6 is 24.0 Å². The lowest BCUT2D eigenvalue weighted by atomic mass is 9.89. The molecule has 0 bridgehead atoms. The first kappa shape index (κ1) is 23.2. The number of rotatable bonds is 10. The SMILES string of the molecule is CCNC(=NCCCOC1CCCc2ccccc21)NCCOCC.I. The predicted molar refractivity (Wildman–Crippen MR) is 119 cm³/mol. The smallest absolute Gasteiger partial charge is 0.191 e. The van der Waals surface area contributed by atoms with Crippen LogP contribution in [0.1, 0.15) is 50.3 Å². The molecule has 2 N–H and O–H groups in total. The number of fused-ring (bicyclic) bond motifs is 1. The van der Waals surface area contributed by atoms with Crippen LogP contribution in [0.15, 0.2) is 29.3 Å². The van der Waals surface area contributed by atoms with Crippen LogP contribution in [0.25, 0.3) is 0 Å². The molecule has 1 aromatic rings. The Balaban J connectivity index is 0.00000338. The molecule has 0 spiro atoms. The van der Waals surface area contributed by atoms with E-state index >= 15 is 0 Å². The fourth-order valence-electron chi connectivity index (χ4n) is 3.09. The third-order valence-corrected chi connectivity index (χ3v) is 4.29. The van der Waals surface area contributed by atoms with Gasteiger partial charge in [-0.05, 0) is 50.7 Å². The van der Waals surface area contributed by atoms with Crippen molar-refractivity contribution in [3.8, 4) is 0 Å². The van der Waals surface area contributed by atoms with E-state index in [0.717, 1.165) is 51.6 Å². The van der Waals surface area contributed by atoms with Crippen molar-refractivity contribution in [3.05, 3.63) is 35.4 Å². The third kappa shape index (κ3) is 8.22. The second-order valence-electron chi connectivity index (χ2n) is 6.19. The molecule has 0 aliphatic heterocycles. The van der Waals surface area contributed by atoms with Crippen LogP contribution in [0.4, 0.5) is 0 Å². The molecule has 6 heteroatoms. The number of guanidine groups is 1. The Kier molecular flexibility index (Phi) is 12.7. The second kappa shape index (κ2) is 14.2. The highest BCUT2D eigenvalue weighted by Crippen LogP contribution is 2.32. The molecule has 0 saturated carbocycles. The monoisotopic (exact) mass is 475 g/mol. The molecule has 0 fully saturated rings. The Morgan fingerprint density at radius 1 is 1.19 bits per heavy atom. The van der Waals surface area contributed by atoms with Gasteiger partial charge in [0, 0.05) is 32.8 Å². The maximum Gasteiger partial charge on any atom is 0.191 e. The molecule has 0 aromatic heterocycles. The van der Waals surface area contributed by atoms with Crippen LogP contribution in [-0.4, -0.2) is 45.4 Å². The van der Waals surface area contributed by atoms with Crippen LogP contribution in [0.2, 0.25) is 0 Å². The molecular formula is C20H34IN3O2. The van der Waals surface area contributed by atoms with Gasteiger partial charge in [-0.3, -0.25) is 4.99 Å². The van der Waals surface area contributed by atoms with Crippen molar-refractivity contribution < 1.29 is 9.47 Å². The van der Waals surface area contributed by atoms with Gasteiger partial charge in [-0.15, -0.1) is 24.0 Å². The van der Waals surface area contributed by atoms with Crippen molar-refractivity contribution in [2.75, 3.05) is 39.5 Å². The van der Waals surface area contributed by atoms with Gasteiger partial charge in [-0.2, -0.15) is 0 Å². The van der Waals surface area contributed by atoms with Crippen molar-refractivity contribution >= 4 is 29.9 Å². The van der Waals surface area contributed by atoms with Crippen molar-refractivity contribution in [2.45, 2.75) is 45.6 Å². The van der Waals surface area contributed by atoms with E-state index < -0.39 is 0 Å². The van der Waals surface area contributed by atoms with E-state index in [0.29, 0.717) is 6.61 Å². The van der Waals surface area contributed by atoms with E-state index in [1.54, 1.807) is 0 Å². The number of hydrogen-bond donors (Lipinski definition) is 2. The molecule has 1 unspecified atom stereocenters. The first-order valence-electron chi connectivity index (χ1n) is 9.64. The Hall–Kier alpha value is -0.860. The molecule has 2 rings (SSSR count). The Labute approximate surface area is 175 Å². The zero-order valence-electron chi connectivity index (χ0n) is 16.1. The van der Waals surface area contributed by atoms with E-state index in [-0.39, 0.29) is 30.1 Å². The summed E-state index contributed by atoms with van der Waals surface area (Å²) in [6, 6.07) is 8.67. The van der Waals surface area contributed by atoms with Crippen molar-refractivity contribution in [2.24, 2.45) is 4.99 Å². The topological polar surface area (TPSA) is 54.9 Å². The highest BCUT2D eigenvalue weighted by molar-refractivity contribution is 14.0. The highest BCUT2D eigenvalue weighted by Gasteiger charge is 2.19. The summed E-state index contributed by atoms with van der Waals surface area (Å²) in [5, 5.41) is 6.54. The molecule has 0 saturated heterocycles. The minimum absolute atomic E-state index is 0. The first-order valence-corrected chi connectivity index (χ1v) is 9.64. The van der Waals surface area contributed by atoms with Gasteiger partial charge in [-0.1, -0.05) is 24.3 Å². The first-order chi connectivity index (χ1) is 12.3. The van der Waals surface area contributed by atoms with E-state index in [1.807, 2.05) is 6.92 Å². The highest BCUT2D eigenvalue weighted by atomic mass is 127. The summed E-state index contributed by atoms with van der Waals surface area (Å²) in [5.41, 5.74) is 2.83. The molecule has 0 heterocycles. The number of halogens is 1. The Morgan fingerprint density at radius 2 is 2.04 bits per heavy atom. The van der Waals surface area contributed by atoms with Gasteiger partial charge < -0.3 is 20.1 Å². The molecule has 26 heavy (non-hydrogen) atoms. The van der Waals surface area contributed by atoms with Crippen LogP contribution in [0.5, 0.6) is 0 Å². The fourth-order valence-corrected chi connectivity index (χ4v) is 3.09. The van der Waals surface area contributed by atoms with E-state index in [4.69, 9.17) is 9.47 Å². The summed E-state index contributed by atoms with van der Waals surface area (Å²) in [6.45, 7) is 8.67. The van der Waals surface area contributed by atoms with Crippen LogP contribution in [0, 0.1) is 0 Å². The Morgan fingerprint density at radius 3 is 2.85 bits per heavy atom. The number of ether oxygens (including phenoxy) is 2. The fraction of sp³-hybridized carbons (Fsp3) is 0.650. The summed E-state index contributed by atoms with van der Waals surface area (Å²) in [5.74, 6) is 0.852. The van der Waals surface area contributed by atoms with Gasteiger partial charge in [-0.25, -0.2) is 0 Å². The largest absolute Gasteiger partial charge is 0.380 e. The van der Waals surface area contributed by atoms with Crippen molar-refractivity contribution in [1.29, 1.82) is 0 Å². The molecule has 1 atom stereocenters. The average Bonchev–Trinajstić information content (AvgIpc) is 2.65. The second-order valence-corrected chi connectivity index (χ2v) is 6.19. The molecular weight excluding hydrogens is 441 g/mol. The third-order valence-electron chi connectivity index (χ3n) is 4.29. The molecule has 0 radical (unpaired) electrons. The minimum atomic E-state index is 0. The summed E-state index contributed by atoms with van der Waals surface area (Å²) >= 11 is 0. The lowest BCUT2D eigenvalue weighted by Crippen LogP contribution is -2.39. The van der Waals surface area contributed by atoms with Gasteiger partial charge in [0.05, 0.1) is 12.7 Å². The average molecular weight is 475 g/mol. The van der Waals surface area contributed by atoms with Crippen molar-refractivity contribution in [3.63, 3.8) is 0 Å². The molecule has 1 aromatic carbocycles. The maximum atomic E-state index is 6.13. The number of aliphatic imine (C=N–C) groups is 1. The number of nitrogens with zero attached hydrogens (tertiary/aromatic N) is 1. The van der Waals surface area contributed by atoms with Gasteiger partial charge in [0.1, 0.15) is 0 Å². The lowest BCUT2D eigenvalue weighted by molar-refractivity contribution is 0.0403. The summed E-state index contributed by atoms with van der Waals surface area (Å²) in [6.07, 6.45) is 4.71. The molecule has 5 nitrogen and oxygen atoms in total. The minimum Gasteiger partial charge on any atom is -0.380 e. The van der Waals surface area contributed by atoms with Crippen LogP contribution in [-0.2, 0) is 15.9 Å². The molecule has 1 aliphatic carbocycles.